The van der Waals surface area contributed by atoms with Crippen LogP contribution in [0.4, 0.5) is 4.79 Å². The highest BCUT2D eigenvalue weighted by Gasteiger charge is 2.35. The predicted octanol–water partition coefficient (Wildman–Crippen LogP) is 1.63. The number of urea groups is 1. The summed E-state index contributed by atoms with van der Waals surface area (Å²) in [5.41, 5.74) is 0.790. The van der Waals surface area contributed by atoms with Crippen molar-refractivity contribution < 1.29 is 14.3 Å². The fourth-order valence-corrected chi connectivity index (χ4v) is 2.67. The Kier molecular flexibility index (Phi) is 5.25. The number of carbonyl (C=O) groups is 2. The number of nitrogens with zero attached hydrogens (tertiary/aromatic N) is 2. The van der Waals surface area contributed by atoms with Gasteiger partial charge in [0.1, 0.15) is 11.8 Å². The largest absolute Gasteiger partial charge is 0.497 e. The Labute approximate surface area is 131 Å². The minimum Gasteiger partial charge on any atom is -0.497 e. The molecule has 1 aromatic carbocycles. The van der Waals surface area contributed by atoms with Gasteiger partial charge in [0.15, 0.2) is 0 Å². The first-order chi connectivity index (χ1) is 10.6. The van der Waals surface area contributed by atoms with E-state index < -0.39 is 6.04 Å². The van der Waals surface area contributed by atoms with E-state index in [1.54, 1.807) is 29.0 Å². The first-order valence-electron chi connectivity index (χ1n) is 7.59. The second-order valence-corrected chi connectivity index (χ2v) is 5.11. The van der Waals surface area contributed by atoms with Crippen LogP contribution in [0, 0.1) is 0 Å². The molecule has 0 radical (unpaired) electrons. The smallest absolute Gasteiger partial charge is 0.321 e. The van der Waals surface area contributed by atoms with Gasteiger partial charge in [-0.2, -0.15) is 0 Å². The quantitative estimate of drug-likeness (QED) is 0.919. The fraction of sp³-hybridized carbons (Fsp3) is 0.500. The summed E-state index contributed by atoms with van der Waals surface area (Å²) >= 11 is 0. The molecule has 1 aliphatic rings. The average molecular weight is 305 g/mol. The van der Waals surface area contributed by atoms with Crippen molar-refractivity contribution in [2.24, 2.45) is 0 Å². The van der Waals surface area contributed by atoms with Crippen molar-refractivity contribution in [2.75, 3.05) is 33.3 Å². The summed E-state index contributed by atoms with van der Waals surface area (Å²) in [6.45, 7) is 6.13. The van der Waals surface area contributed by atoms with Crippen LogP contribution in [0.15, 0.2) is 24.3 Å². The first-order valence-corrected chi connectivity index (χ1v) is 7.59. The minimum absolute atomic E-state index is 0.0966. The van der Waals surface area contributed by atoms with Gasteiger partial charge in [-0.15, -0.1) is 0 Å². The third-order valence-electron chi connectivity index (χ3n) is 3.92. The summed E-state index contributed by atoms with van der Waals surface area (Å²) in [6.07, 6.45) is 0. The summed E-state index contributed by atoms with van der Waals surface area (Å²) in [7, 11) is 1.60. The predicted molar refractivity (Wildman–Crippen MR) is 83.8 cm³/mol. The summed E-state index contributed by atoms with van der Waals surface area (Å²) in [5.74, 6) is 0.582. The lowest BCUT2D eigenvalue weighted by atomic mass is 10.0. The van der Waals surface area contributed by atoms with Gasteiger partial charge in [0.2, 0.25) is 5.91 Å². The summed E-state index contributed by atoms with van der Waals surface area (Å²) < 4.78 is 5.14. The number of benzene rings is 1. The number of carbonyl (C=O) groups excluding carboxylic acids is 2. The molecule has 1 saturated heterocycles. The molecule has 1 heterocycles. The molecule has 0 aromatic heterocycles. The summed E-state index contributed by atoms with van der Waals surface area (Å²) in [4.78, 5) is 28.3. The highest BCUT2D eigenvalue weighted by atomic mass is 16.5. The van der Waals surface area contributed by atoms with Crippen molar-refractivity contribution in [1.82, 2.24) is 15.1 Å². The minimum atomic E-state index is -0.590. The molecule has 3 amide bonds. The normalized spacial score (nSPS) is 17.9. The maximum atomic E-state index is 12.7. The molecule has 22 heavy (non-hydrogen) atoms. The zero-order valence-electron chi connectivity index (χ0n) is 13.3. The Hall–Kier alpha value is -2.24. The van der Waals surface area contributed by atoms with Crippen molar-refractivity contribution in [3.63, 3.8) is 0 Å². The average Bonchev–Trinajstić information content (AvgIpc) is 2.55. The molecule has 0 spiro atoms. The number of nitrogens with one attached hydrogen (secondary N) is 1. The molecule has 0 bridgehead atoms. The van der Waals surface area contributed by atoms with Crippen LogP contribution in [0.1, 0.15) is 25.5 Å². The van der Waals surface area contributed by atoms with Gasteiger partial charge in [-0.05, 0) is 31.5 Å². The number of ether oxygens (including phenoxy) is 1. The van der Waals surface area contributed by atoms with Crippen molar-refractivity contribution in [1.29, 1.82) is 0 Å². The van der Waals surface area contributed by atoms with Crippen LogP contribution in [0.2, 0.25) is 0 Å². The van der Waals surface area contributed by atoms with Gasteiger partial charge < -0.3 is 19.9 Å². The van der Waals surface area contributed by atoms with Crippen LogP contribution in [-0.4, -0.2) is 55.0 Å². The Morgan fingerprint density at radius 3 is 2.50 bits per heavy atom. The van der Waals surface area contributed by atoms with Crippen LogP contribution in [0.5, 0.6) is 5.75 Å². The van der Waals surface area contributed by atoms with Gasteiger partial charge >= 0.3 is 6.03 Å². The zero-order chi connectivity index (χ0) is 16.1. The molecule has 2 rings (SSSR count). The lowest BCUT2D eigenvalue weighted by Crippen LogP contribution is -2.55. The highest BCUT2D eigenvalue weighted by molar-refractivity contribution is 5.89. The molecule has 1 atom stereocenters. The van der Waals surface area contributed by atoms with Gasteiger partial charge in [0, 0.05) is 26.2 Å². The van der Waals surface area contributed by atoms with E-state index in [1.165, 1.54) is 0 Å². The van der Waals surface area contributed by atoms with Crippen LogP contribution >= 0.6 is 0 Å². The Bertz CT molecular complexity index is 526. The highest BCUT2D eigenvalue weighted by Crippen LogP contribution is 2.26. The molecule has 1 aliphatic heterocycles. The molecule has 1 unspecified atom stereocenters. The van der Waals surface area contributed by atoms with Gasteiger partial charge in [-0.1, -0.05) is 12.1 Å². The van der Waals surface area contributed by atoms with Gasteiger partial charge in [-0.25, -0.2) is 4.79 Å². The third-order valence-corrected chi connectivity index (χ3v) is 3.92. The van der Waals surface area contributed by atoms with Crippen LogP contribution in [0.25, 0.3) is 0 Å². The first kappa shape index (κ1) is 16.1. The van der Waals surface area contributed by atoms with Crippen molar-refractivity contribution in [3.8, 4) is 5.75 Å². The van der Waals surface area contributed by atoms with E-state index in [-0.39, 0.29) is 11.9 Å². The monoisotopic (exact) mass is 305 g/mol. The van der Waals surface area contributed by atoms with E-state index in [0.29, 0.717) is 26.2 Å². The fourth-order valence-electron chi connectivity index (χ4n) is 2.67. The Morgan fingerprint density at radius 2 is 1.95 bits per heavy atom. The molecule has 6 nitrogen and oxygen atoms in total. The van der Waals surface area contributed by atoms with E-state index in [2.05, 4.69) is 5.32 Å². The Balaban J connectivity index is 2.29. The molecule has 120 valence electrons. The van der Waals surface area contributed by atoms with E-state index in [4.69, 9.17) is 4.74 Å². The molecular formula is C16H23N3O3. The second-order valence-electron chi connectivity index (χ2n) is 5.11. The van der Waals surface area contributed by atoms with E-state index in [1.807, 2.05) is 26.0 Å². The molecule has 1 N–H and O–H groups in total. The SMILES string of the molecule is CCN(CC)C(=O)N1CCNC(=O)C1c1ccc(OC)cc1. The maximum absolute atomic E-state index is 12.7. The molecule has 1 fully saturated rings. The standard InChI is InChI=1S/C16H23N3O3/c1-4-18(5-2)16(21)19-11-10-17-15(20)14(19)12-6-8-13(22-3)9-7-12/h6-9,14H,4-5,10-11H2,1-3H3,(H,17,20). The van der Waals surface area contributed by atoms with Gasteiger partial charge in [-0.3, -0.25) is 4.79 Å². The van der Waals surface area contributed by atoms with E-state index in [9.17, 15) is 9.59 Å². The van der Waals surface area contributed by atoms with Gasteiger partial charge in [0.25, 0.3) is 0 Å². The lowest BCUT2D eigenvalue weighted by molar-refractivity contribution is -0.128. The topological polar surface area (TPSA) is 61.9 Å². The van der Waals surface area contributed by atoms with Crippen LogP contribution in [0.3, 0.4) is 0 Å². The maximum Gasteiger partial charge on any atom is 0.321 e. The number of rotatable bonds is 4. The molecule has 1 aromatic rings. The van der Waals surface area contributed by atoms with Crippen molar-refractivity contribution in [2.45, 2.75) is 19.9 Å². The Morgan fingerprint density at radius 1 is 1.32 bits per heavy atom. The van der Waals surface area contributed by atoms with E-state index >= 15 is 0 Å². The number of methoxy groups -OCH3 is 1. The summed E-state index contributed by atoms with van der Waals surface area (Å²) in [6, 6.07) is 6.58. The third kappa shape index (κ3) is 3.16. The molecule has 6 heteroatoms. The number of hydrogen-bond acceptors (Lipinski definition) is 3. The molecular weight excluding hydrogens is 282 g/mol. The van der Waals surface area contributed by atoms with Crippen molar-refractivity contribution >= 4 is 11.9 Å². The molecule has 0 saturated carbocycles. The lowest BCUT2D eigenvalue weighted by Gasteiger charge is -2.38. The molecule has 0 aliphatic carbocycles. The number of hydrogen-bond donors (Lipinski definition) is 1. The van der Waals surface area contributed by atoms with Crippen molar-refractivity contribution in [3.05, 3.63) is 29.8 Å². The van der Waals surface area contributed by atoms with Gasteiger partial charge in [0.05, 0.1) is 7.11 Å². The zero-order valence-corrected chi connectivity index (χ0v) is 13.3. The number of amides is 3. The number of piperazine rings is 1. The summed E-state index contributed by atoms with van der Waals surface area (Å²) in [5, 5.41) is 2.84. The van der Waals surface area contributed by atoms with E-state index in [0.717, 1.165) is 11.3 Å². The van der Waals surface area contributed by atoms with Crippen LogP contribution in [-0.2, 0) is 4.79 Å². The second kappa shape index (κ2) is 7.15. The van der Waals surface area contributed by atoms with Crippen LogP contribution < -0.4 is 10.1 Å².